The van der Waals surface area contributed by atoms with Gasteiger partial charge in [-0.25, -0.2) is 4.79 Å². The molecule has 0 aromatic heterocycles. The molecule has 144 valence electrons. The Morgan fingerprint density at radius 3 is 1.60 bits per heavy atom. The molecule has 0 heterocycles. The van der Waals surface area contributed by atoms with Gasteiger partial charge < -0.3 is 9.64 Å². The molecule has 1 amide bonds. The van der Waals surface area contributed by atoms with Crippen molar-refractivity contribution in [2.24, 2.45) is 5.92 Å². The van der Waals surface area contributed by atoms with E-state index in [-0.39, 0.29) is 11.7 Å². The summed E-state index contributed by atoms with van der Waals surface area (Å²) in [5.41, 5.74) is -0.314. The van der Waals surface area contributed by atoms with Gasteiger partial charge in [0.1, 0.15) is 5.60 Å². The Kier molecular flexibility index (Phi) is 6.68. The zero-order valence-corrected chi connectivity index (χ0v) is 16.6. The van der Waals surface area contributed by atoms with E-state index in [0.29, 0.717) is 18.0 Å². The van der Waals surface area contributed by atoms with Gasteiger partial charge in [-0.05, 0) is 58.3 Å². The fourth-order valence-corrected chi connectivity index (χ4v) is 5.47. The molecule has 0 radical (unpaired) electrons. The number of amides is 1. The van der Waals surface area contributed by atoms with Crippen LogP contribution in [0.5, 0.6) is 0 Å². The van der Waals surface area contributed by atoms with Gasteiger partial charge in [0.15, 0.2) is 0 Å². The number of carbonyl (C=O) groups is 1. The first-order valence-corrected chi connectivity index (χ1v) is 11.1. The van der Waals surface area contributed by atoms with Gasteiger partial charge in [0.25, 0.3) is 0 Å². The van der Waals surface area contributed by atoms with Crippen molar-refractivity contribution in [1.82, 2.24) is 4.90 Å². The van der Waals surface area contributed by atoms with E-state index in [4.69, 9.17) is 4.74 Å². The van der Waals surface area contributed by atoms with Crippen LogP contribution in [-0.2, 0) is 4.74 Å². The van der Waals surface area contributed by atoms with Gasteiger partial charge in [-0.2, -0.15) is 0 Å². The monoisotopic (exact) mass is 349 g/mol. The fourth-order valence-electron chi connectivity index (χ4n) is 5.47. The molecule has 3 nitrogen and oxygen atoms in total. The number of carbonyl (C=O) groups excluding carboxylic acids is 1. The highest BCUT2D eigenvalue weighted by atomic mass is 16.6. The summed E-state index contributed by atoms with van der Waals surface area (Å²) in [5.74, 6) is 0.541. The summed E-state index contributed by atoms with van der Waals surface area (Å²) in [6.07, 6.45) is 18.8. The lowest BCUT2D eigenvalue weighted by Gasteiger charge is -2.42. The Morgan fingerprint density at radius 2 is 1.12 bits per heavy atom. The summed E-state index contributed by atoms with van der Waals surface area (Å²) in [6.45, 7) is 4.29. The molecule has 0 saturated heterocycles. The van der Waals surface area contributed by atoms with Crippen LogP contribution in [0.2, 0.25) is 0 Å². The Hall–Kier alpha value is -0.730. The maximum atomic E-state index is 13.3. The van der Waals surface area contributed by atoms with Crippen molar-refractivity contribution in [1.29, 1.82) is 0 Å². The zero-order valence-electron chi connectivity index (χ0n) is 16.6. The van der Waals surface area contributed by atoms with E-state index in [1.165, 1.54) is 96.3 Å². The second kappa shape index (κ2) is 8.77. The number of nitrogens with zero attached hydrogens (tertiary/aromatic N) is 1. The largest absolute Gasteiger partial charge is 0.443 e. The van der Waals surface area contributed by atoms with Crippen molar-refractivity contribution < 1.29 is 9.53 Å². The van der Waals surface area contributed by atoms with Crippen LogP contribution < -0.4 is 0 Å². The van der Waals surface area contributed by atoms with Crippen LogP contribution in [0, 0.1) is 5.92 Å². The molecule has 3 heteroatoms. The third kappa shape index (κ3) is 4.92. The lowest BCUT2D eigenvalue weighted by Crippen LogP contribution is -2.51. The van der Waals surface area contributed by atoms with Gasteiger partial charge in [-0.15, -0.1) is 0 Å². The highest BCUT2D eigenvalue weighted by Crippen LogP contribution is 2.38. The summed E-state index contributed by atoms with van der Waals surface area (Å²) < 4.78 is 6.22. The molecule has 25 heavy (non-hydrogen) atoms. The lowest BCUT2D eigenvalue weighted by molar-refractivity contribution is -0.0391. The van der Waals surface area contributed by atoms with E-state index in [0.717, 1.165) is 0 Å². The van der Waals surface area contributed by atoms with E-state index in [1.807, 2.05) is 0 Å². The third-order valence-corrected chi connectivity index (χ3v) is 7.09. The maximum absolute atomic E-state index is 13.3. The van der Waals surface area contributed by atoms with Crippen molar-refractivity contribution in [2.75, 3.05) is 0 Å². The summed E-state index contributed by atoms with van der Waals surface area (Å²) >= 11 is 0. The molecule has 0 aromatic rings. The first kappa shape index (κ1) is 19.0. The van der Waals surface area contributed by atoms with Crippen LogP contribution in [0.25, 0.3) is 0 Å². The average molecular weight is 350 g/mol. The summed E-state index contributed by atoms with van der Waals surface area (Å²) in [7, 11) is 0. The van der Waals surface area contributed by atoms with Crippen LogP contribution in [0.15, 0.2) is 0 Å². The van der Waals surface area contributed by atoms with E-state index in [2.05, 4.69) is 18.7 Å². The minimum Gasteiger partial charge on any atom is -0.443 e. The Bertz CT molecular complexity index is 414. The van der Waals surface area contributed by atoms with Crippen molar-refractivity contribution in [3.05, 3.63) is 0 Å². The quantitative estimate of drug-likeness (QED) is 0.546. The first-order chi connectivity index (χ1) is 12.1. The molecule has 0 unspecified atom stereocenters. The number of hydrogen-bond donors (Lipinski definition) is 0. The molecule has 3 rings (SSSR count). The average Bonchev–Trinajstić information content (AvgIpc) is 3.02. The third-order valence-electron chi connectivity index (χ3n) is 7.09. The first-order valence-electron chi connectivity index (χ1n) is 11.1. The van der Waals surface area contributed by atoms with Crippen LogP contribution in [0.1, 0.15) is 110 Å². The standard InChI is InChI=1S/C22H39NO2/c1-22(2,18-12-10-11-13-18)25-21(24)23(20-16-8-5-9-17-20)19-14-6-3-4-7-15-19/h18-20H,3-17H2,1-2H3. The van der Waals surface area contributed by atoms with Gasteiger partial charge in [0, 0.05) is 12.1 Å². The van der Waals surface area contributed by atoms with Crippen LogP contribution in [0.4, 0.5) is 4.79 Å². The molecule has 3 aliphatic rings. The number of ether oxygens (including phenoxy) is 1. The minimum atomic E-state index is -0.314. The van der Waals surface area contributed by atoms with Crippen molar-refractivity contribution in [2.45, 2.75) is 128 Å². The Labute approximate surface area is 154 Å². The summed E-state index contributed by atoms with van der Waals surface area (Å²) in [6, 6.07) is 0.834. The van der Waals surface area contributed by atoms with Crippen LogP contribution in [-0.4, -0.2) is 28.7 Å². The molecule has 0 bridgehead atoms. The highest BCUT2D eigenvalue weighted by Gasteiger charge is 2.39. The van der Waals surface area contributed by atoms with Gasteiger partial charge in [0.2, 0.25) is 0 Å². The molecule has 3 aliphatic carbocycles. The summed E-state index contributed by atoms with van der Waals surface area (Å²) in [5, 5.41) is 0. The minimum absolute atomic E-state index is 0.00398. The van der Waals surface area contributed by atoms with Crippen molar-refractivity contribution >= 4 is 6.09 Å². The van der Waals surface area contributed by atoms with E-state index in [9.17, 15) is 4.79 Å². The molecule has 0 atom stereocenters. The zero-order chi connectivity index (χ0) is 17.7. The summed E-state index contributed by atoms with van der Waals surface area (Å²) in [4.78, 5) is 15.6. The van der Waals surface area contributed by atoms with Gasteiger partial charge in [-0.3, -0.25) is 0 Å². The molecule has 0 aromatic carbocycles. The Balaban J connectivity index is 1.71. The van der Waals surface area contributed by atoms with Gasteiger partial charge >= 0.3 is 6.09 Å². The van der Waals surface area contributed by atoms with Gasteiger partial charge in [0.05, 0.1) is 0 Å². The van der Waals surface area contributed by atoms with Crippen molar-refractivity contribution in [3.63, 3.8) is 0 Å². The normalized spacial score (nSPS) is 24.9. The van der Waals surface area contributed by atoms with E-state index >= 15 is 0 Å². The maximum Gasteiger partial charge on any atom is 0.410 e. The number of rotatable bonds is 4. The number of hydrogen-bond acceptors (Lipinski definition) is 2. The topological polar surface area (TPSA) is 29.5 Å². The van der Waals surface area contributed by atoms with Gasteiger partial charge in [-0.1, -0.05) is 57.8 Å². The molecule has 0 spiro atoms. The molecule has 0 N–H and O–H groups in total. The second-order valence-electron chi connectivity index (χ2n) is 9.30. The Morgan fingerprint density at radius 1 is 0.720 bits per heavy atom. The van der Waals surface area contributed by atoms with Crippen molar-refractivity contribution in [3.8, 4) is 0 Å². The predicted octanol–water partition coefficient (Wildman–Crippen LogP) is 6.45. The van der Waals surface area contributed by atoms with Crippen LogP contribution in [0.3, 0.4) is 0 Å². The smallest absolute Gasteiger partial charge is 0.410 e. The van der Waals surface area contributed by atoms with E-state index in [1.54, 1.807) is 0 Å². The molecular weight excluding hydrogens is 310 g/mol. The van der Waals surface area contributed by atoms with Crippen LogP contribution >= 0.6 is 0 Å². The second-order valence-corrected chi connectivity index (χ2v) is 9.30. The molecular formula is C22H39NO2. The SMILES string of the molecule is CC(C)(OC(=O)N(C1CCCCCC1)C1CCCCC1)C1CCCC1. The fraction of sp³-hybridized carbons (Fsp3) is 0.955. The predicted molar refractivity (Wildman–Crippen MR) is 103 cm³/mol. The lowest BCUT2D eigenvalue weighted by atomic mass is 9.89. The van der Waals surface area contributed by atoms with E-state index < -0.39 is 0 Å². The molecule has 3 fully saturated rings. The molecule has 3 saturated carbocycles. The highest BCUT2D eigenvalue weighted by molar-refractivity contribution is 5.69. The molecule has 0 aliphatic heterocycles.